The van der Waals surface area contributed by atoms with Crippen LogP contribution in [0, 0.1) is 11.8 Å². The molecule has 0 aliphatic heterocycles. The molecule has 0 N–H and O–H groups in total. The molecule has 0 heterocycles. The number of benzene rings is 1. The van der Waals surface area contributed by atoms with Gasteiger partial charge in [0, 0.05) is 0 Å². The van der Waals surface area contributed by atoms with Crippen molar-refractivity contribution in [1.29, 1.82) is 0 Å². The average Bonchev–Trinajstić information content (AvgIpc) is 2.44. The number of hydrogen-bond donors (Lipinski definition) is 0. The molecular formula is C17H27BO. The molecule has 2 heteroatoms. The van der Waals surface area contributed by atoms with Gasteiger partial charge >= 0.3 is 0 Å². The molecule has 0 radical (unpaired) electrons. The number of ether oxygens (including phenoxy) is 1. The van der Waals surface area contributed by atoms with Crippen LogP contribution in [0.2, 0.25) is 0 Å². The molecule has 0 saturated heterocycles. The average molecular weight is 258 g/mol. The Bertz CT molecular complexity index is 371. The van der Waals surface area contributed by atoms with Crippen LogP contribution in [-0.4, -0.2) is 14.5 Å². The van der Waals surface area contributed by atoms with Crippen molar-refractivity contribution in [2.75, 3.05) is 6.61 Å². The monoisotopic (exact) mass is 258 g/mol. The second kappa shape index (κ2) is 7.62. The fraction of sp³-hybridized carbons (Fsp3) is 0.647. The molecule has 0 bridgehead atoms. The van der Waals surface area contributed by atoms with Gasteiger partial charge in [0.1, 0.15) is 13.6 Å². The van der Waals surface area contributed by atoms with Crippen molar-refractivity contribution in [3.8, 4) is 5.75 Å². The maximum absolute atomic E-state index is 6.05. The highest BCUT2D eigenvalue weighted by Gasteiger charge is 2.23. The summed E-state index contributed by atoms with van der Waals surface area (Å²) in [7, 11) is 2.12. The summed E-state index contributed by atoms with van der Waals surface area (Å²) in [6.07, 6.45) is 9.72. The summed E-state index contributed by atoms with van der Waals surface area (Å²) < 4.78 is 6.05. The SMILES string of the molecule is Bc1cccc(OCC(CCC)C2CCCCC2)c1. The predicted molar refractivity (Wildman–Crippen MR) is 85.1 cm³/mol. The third kappa shape index (κ3) is 4.60. The highest BCUT2D eigenvalue weighted by Crippen LogP contribution is 2.32. The molecular weight excluding hydrogens is 231 g/mol. The van der Waals surface area contributed by atoms with Gasteiger partial charge in [-0.25, -0.2) is 0 Å². The van der Waals surface area contributed by atoms with Gasteiger partial charge in [-0.15, -0.1) is 0 Å². The maximum atomic E-state index is 6.05. The van der Waals surface area contributed by atoms with Gasteiger partial charge in [-0.1, -0.05) is 63.0 Å². The first-order valence-corrected chi connectivity index (χ1v) is 7.99. The van der Waals surface area contributed by atoms with Crippen molar-refractivity contribution in [1.82, 2.24) is 0 Å². The van der Waals surface area contributed by atoms with E-state index in [0.29, 0.717) is 0 Å². The van der Waals surface area contributed by atoms with Crippen LogP contribution in [0.25, 0.3) is 0 Å². The zero-order valence-corrected chi connectivity index (χ0v) is 12.5. The van der Waals surface area contributed by atoms with E-state index in [1.54, 1.807) is 0 Å². The zero-order valence-electron chi connectivity index (χ0n) is 12.5. The van der Waals surface area contributed by atoms with Crippen molar-refractivity contribution in [2.45, 2.75) is 51.9 Å². The normalized spacial score (nSPS) is 18.2. The van der Waals surface area contributed by atoms with Crippen molar-refractivity contribution < 1.29 is 4.74 Å². The van der Waals surface area contributed by atoms with Gasteiger partial charge in [-0.05, 0) is 30.4 Å². The first-order chi connectivity index (χ1) is 9.29. The number of rotatable bonds is 6. The molecule has 0 spiro atoms. The van der Waals surface area contributed by atoms with Gasteiger partial charge < -0.3 is 4.74 Å². The second-order valence-corrected chi connectivity index (χ2v) is 6.07. The molecule has 1 nitrogen and oxygen atoms in total. The van der Waals surface area contributed by atoms with E-state index in [9.17, 15) is 0 Å². The van der Waals surface area contributed by atoms with Crippen molar-refractivity contribution in [3.05, 3.63) is 24.3 Å². The minimum absolute atomic E-state index is 0.755. The van der Waals surface area contributed by atoms with Crippen LogP contribution in [0.15, 0.2) is 24.3 Å². The smallest absolute Gasteiger partial charge is 0.139 e. The van der Waals surface area contributed by atoms with Crippen LogP contribution in [0.5, 0.6) is 5.75 Å². The fourth-order valence-corrected chi connectivity index (χ4v) is 3.34. The lowest BCUT2D eigenvalue weighted by molar-refractivity contribution is 0.153. The highest BCUT2D eigenvalue weighted by atomic mass is 16.5. The molecule has 1 aromatic carbocycles. The summed E-state index contributed by atoms with van der Waals surface area (Å²) in [6, 6.07) is 8.43. The van der Waals surface area contributed by atoms with Gasteiger partial charge in [0.2, 0.25) is 0 Å². The first kappa shape index (κ1) is 14.5. The summed E-state index contributed by atoms with van der Waals surface area (Å²) in [5.41, 5.74) is 1.28. The van der Waals surface area contributed by atoms with E-state index in [1.165, 1.54) is 50.4 Å². The van der Waals surface area contributed by atoms with Crippen LogP contribution < -0.4 is 10.2 Å². The molecule has 1 saturated carbocycles. The van der Waals surface area contributed by atoms with Gasteiger partial charge in [-0.3, -0.25) is 0 Å². The van der Waals surface area contributed by atoms with E-state index in [-0.39, 0.29) is 0 Å². The fourth-order valence-electron chi connectivity index (χ4n) is 3.34. The van der Waals surface area contributed by atoms with E-state index < -0.39 is 0 Å². The van der Waals surface area contributed by atoms with Crippen LogP contribution in [0.3, 0.4) is 0 Å². The van der Waals surface area contributed by atoms with Gasteiger partial charge in [0.15, 0.2) is 0 Å². The lowest BCUT2D eigenvalue weighted by atomic mass is 9.78. The van der Waals surface area contributed by atoms with Crippen LogP contribution >= 0.6 is 0 Å². The minimum Gasteiger partial charge on any atom is -0.493 e. The molecule has 1 fully saturated rings. The van der Waals surface area contributed by atoms with E-state index in [4.69, 9.17) is 4.74 Å². The lowest BCUT2D eigenvalue weighted by Crippen LogP contribution is -2.24. The summed E-state index contributed by atoms with van der Waals surface area (Å²) in [4.78, 5) is 0. The zero-order chi connectivity index (χ0) is 13.5. The van der Waals surface area contributed by atoms with Gasteiger partial charge in [0.05, 0.1) is 6.61 Å². The molecule has 0 amide bonds. The second-order valence-electron chi connectivity index (χ2n) is 6.07. The molecule has 2 rings (SSSR count). The van der Waals surface area contributed by atoms with Gasteiger partial charge in [0.25, 0.3) is 0 Å². The Hall–Kier alpha value is -0.915. The standard InChI is InChI=1S/C17H27BO/c1-2-7-15(14-8-4-3-5-9-14)13-19-17-11-6-10-16(18)12-17/h6,10-12,14-15H,2-5,7-9,13,18H2,1H3. The van der Waals surface area contributed by atoms with E-state index in [2.05, 4.69) is 39.0 Å². The molecule has 1 atom stereocenters. The van der Waals surface area contributed by atoms with Crippen molar-refractivity contribution >= 4 is 13.3 Å². The molecule has 0 aromatic heterocycles. The largest absolute Gasteiger partial charge is 0.493 e. The Morgan fingerprint density at radius 3 is 2.74 bits per heavy atom. The van der Waals surface area contributed by atoms with Crippen LogP contribution in [0.4, 0.5) is 0 Å². The van der Waals surface area contributed by atoms with Crippen LogP contribution in [0.1, 0.15) is 51.9 Å². The molecule has 19 heavy (non-hydrogen) atoms. The molecule has 104 valence electrons. The Labute approximate surface area is 119 Å². The molecule has 1 aliphatic rings. The summed E-state index contributed by atoms with van der Waals surface area (Å²) in [5, 5.41) is 0. The Balaban J connectivity index is 1.89. The quantitative estimate of drug-likeness (QED) is 0.711. The molecule has 1 aliphatic carbocycles. The Morgan fingerprint density at radius 2 is 2.05 bits per heavy atom. The maximum Gasteiger partial charge on any atom is 0.139 e. The highest BCUT2D eigenvalue weighted by molar-refractivity contribution is 6.32. The Morgan fingerprint density at radius 1 is 1.26 bits per heavy atom. The topological polar surface area (TPSA) is 9.23 Å². The number of hydrogen-bond acceptors (Lipinski definition) is 1. The lowest BCUT2D eigenvalue weighted by Gasteiger charge is -2.30. The summed E-state index contributed by atoms with van der Waals surface area (Å²) >= 11 is 0. The third-order valence-corrected chi connectivity index (χ3v) is 4.43. The van der Waals surface area contributed by atoms with Gasteiger partial charge in [-0.2, -0.15) is 0 Å². The van der Waals surface area contributed by atoms with Crippen molar-refractivity contribution in [2.24, 2.45) is 11.8 Å². The summed E-state index contributed by atoms with van der Waals surface area (Å²) in [5.74, 6) is 2.70. The molecule has 1 unspecified atom stereocenters. The van der Waals surface area contributed by atoms with Crippen LogP contribution in [-0.2, 0) is 0 Å². The van der Waals surface area contributed by atoms with E-state index >= 15 is 0 Å². The molecule has 1 aromatic rings. The Kier molecular flexibility index (Phi) is 5.81. The summed E-state index contributed by atoms with van der Waals surface area (Å²) in [6.45, 7) is 3.20. The minimum atomic E-state index is 0.755. The predicted octanol–water partition coefficient (Wildman–Crippen LogP) is 3.32. The first-order valence-electron chi connectivity index (χ1n) is 7.99. The van der Waals surface area contributed by atoms with Crippen molar-refractivity contribution in [3.63, 3.8) is 0 Å². The third-order valence-electron chi connectivity index (χ3n) is 4.43. The van der Waals surface area contributed by atoms with E-state index in [1.807, 2.05) is 0 Å². The van der Waals surface area contributed by atoms with E-state index in [0.717, 1.165) is 24.2 Å².